The lowest BCUT2D eigenvalue weighted by Crippen LogP contribution is -2.21. The van der Waals surface area contributed by atoms with Crippen LogP contribution < -0.4 is 5.32 Å². The van der Waals surface area contributed by atoms with Crippen molar-refractivity contribution in [2.45, 2.75) is 39.7 Å². The van der Waals surface area contributed by atoms with Gasteiger partial charge in [0, 0.05) is 39.0 Å². The molecule has 4 rings (SSSR count). The van der Waals surface area contributed by atoms with Crippen molar-refractivity contribution in [3.05, 3.63) is 39.2 Å². The zero-order chi connectivity index (χ0) is 17.6. The largest absolute Gasteiger partial charge is 0.316 e. The lowest BCUT2D eigenvalue weighted by Gasteiger charge is -2.29. The second kappa shape index (κ2) is 6.31. The molecule has 0 radical (unpaired) electrons. The highest BCUT2D eigenvalue weighted by Gasteiger charge is 2.31. The molecule has 1 aliphatic carbocycles. The van der Waals surface area contributed by atoms with Gasteiger partial charge in [0.15, 0.2) is 6.29 Å². The number of aryl methyl sites for hydroxylation is 1. The quantitative estimate of drug-likeness (QED) is 0.652. The molecule has 3 heterocycles. The van der Waals surface area contributed by atoms with Crippen molar-refractivity contribution in [3.8, 4) is 10.4 Å². The van der Waals surface area contributed by atoms with E-state index in [9.17, 15) is 4.79 Å². The van der Waals surface area contributed by atoms with Gasteiger partial charge < -0.3 is 5.32 Å². The van der Waals surface area contributed by atoms with E-state index in [-0.39, 0.29) is 5.41 Å². The van der Waals surface area contributed by atoms with Gasteiger partial charge >= 0.3 is 0 Å². The molecule has 0 spiro atoms. The summed E-state index contributed by atoms with van der Waals surface area (Å²) in [6, 6.07) is 2.14. The van der Waals surface area contributed by atoms with Crippen LogP contribution >= 0.6 is 22.7 Å². The molecule has 0 saturated carbocycles. The number of rotatable bonds is 4. The molecule has 130 valence electrons. The Morgan fingerprint density at radius 1 is 1.40 bits per heavy atom. The van der Waals surface area contributed by atoms with Crippen LogP contribution in [0.4, 0.5) is 0 Å². The maximum Gasteiger partial charge on any atom is 0.151 e. The number of nitrogens with zero attached hydrogens (tertiary/aromatic N) is 1. The molecule has 3 nitrogen and oxygen atoms in total. The van der Waals surface area contributed by atoms with E-state index in [1.165, 1.54) is 27.8 Å². The molecule has 0 saturated heterocycles. The average molecular weight is 371 g/mol. The van der Waals surface area contributed by atoms with Crippen molar-refractivity contribution in [1.82, 2.24) is 10.3 Å². The van der Waals surface area contributed by atoms with Gasteiger partial charge in [-0.3, -0.25) is 4.79 Å². The highest BCUT2D eigenvalue weighted by Crippen LogP contribution is 2.46. The second-order valence-electron chi connectivity index (χ2n) is 7.53. The number of thiophene rings is 2. The van der Waals surface area contributed by atoms with E-state index in [2.05, 4.69) is 35.6 Å². The lowest BCUT2D eigenvalue weighted by molar-refractivity contribution is 0.112. The summed E-state index contributed by atoms with van der Waals surface area (Å²) >= 11 is 3.47. The minimum Gasteiger partial charge on any atom is -0.316 e. The van der Waals surface area contributed by atoms with Gasteiger partial charge in [-0.15, -0.1) is 22.7 Å². The first-order valence-electron chi connectivity index (χ1n) is 8.64. The molecule has 0 bridgehead atoms. The highest BCUT2D eigenvalue weighted by atomic mass is 32.1. The first-order chi connectivity index (χ1) is 12.0. The summed E-state index contributed by atoms with van der Waals surface area (Å²) in [5.74, 6) is 0. The number of pyridine rings is 1. The van der Waals surface area contributed by atoms with Gasteiger partial charge in [0.2, 0.25) is 0 Å². The maximum atomic E-state index is 12.1. The summed E-state index contributed by atoms with van der Waals surface area (Å²) < 4.78 is 0. The molecule has 3 aromatic rings. The fourth-order valence-corrected chi connectivity index (χ4v) is 5.93. The minimum absolute atomic E-state index is 0.271. The van der Waals surface area contributed by atoms with E-state index in [4.69, 9.17) is 0 Å². The third-order valence-corrected chi connectivity index (χ3v) is 7.25. The van der Waals surface area contributed by atoms with E-state index < -0.39 is 0 Å². The van der Waals surface area contributed by atoms with Gasteiger partial charge in [0.25, 0.3) is 0 Å². The molecule has 5 heteroatoms. The topological polar surface area (TPSA) is 42.0 Å². The summed E-state index contributed by atoms with van der Waals surface area (Å²) in [4.78, 5) is 20.2. The standard InChI is InChI=1S/C20H22N2OS2/c1-20(2)6-4-16-14(8-20)15(11-23)18(25-16)17-12(9-21-3)10-22-19-13(17)5-7-24-19/h5,7,10-11,21H,4,6,8-9H2,1-3H3. The summed E-state index contributed by atoms with van der Waals surface area (Å²) in [7, 11) is 1.95. The molecule has 3 aromatic heterocycles. The van der Waals surface area contributed by atoms with Gasteiger partial charge in [0.1, 0.15) is 4.83 Å². The van der Waals surface area contributed by atoms with Gasteiger partial charge in [-0.2, -0.15) is 0 Å². The lowest BCUT2D eigenvalue weighted by atomic mass is 9.76. The van der Waals surface area contributed by atoms with Crippen LogP contribution in [0, 0.1) is 5.41 Å². The SMILES string of the molecule is CNCc1cnc2sccc2c1-c1sc2c(c1C=O)CC(C)(C)CC2. The Hall–Kier alpha value is -1.56. The molecule has 1 N–H and O–H groups in total. The predicted molar refractivity (Wildman–Crippen MR) is 107 cm³/mol. The minimum atomic E-state index is 0.271. The molecule has 0 aromatic carbocycles. The second-order valence-corrected chi connectivity index (χ2v) is 9.53. The Morgan fingerprint density at radius 2 is 2.24 bits per heavy atom. The number of aldehydes is 1. The van der Waals surface area contributed by atoms with Gasteiger partial charge in [0.05, 0.1) is 0 Å². The zero-order valence-corrected chi connectivity index (χ0v) is 16.4. The van der Waals surface area contributed by atoms with Crippen LogP contribution in [-0.2, 0) is 19.4 Å². The number of carbonyl (C=O) groups is 1. The van der Waals surface area contributed by atoms with E-state index >= 15 is 0 Å². The Kier molecular flexibility index (Phi) is 4.26. The Bertz CT molecular complexity index is 952. The van der Waals surface area contributed by atoms with Gasteiger partial charge in [-0.1, -0.05) is 13.8 Å². The van der Waals surface area contributed by atoms with E-state index in [1.54, 1.807) is 11.3 Å². The van der Waals surface area contributed by atoms with Gasteiger partial charge in [-0.05, 0) is 54.3 Å². The van der Waals surface area contributed by atoms with Crippen LogP contribution in [0.5, 0.6) is 0 Å². The summed E-state index contributed by atoms with van der Waals surface area (Å²) in [6.07, 6.45) is 6.29. The van der Waals surface area contributed by atoms with Crippen LogP contribution in [-0.4, -0.2) is 18.3 Å². The van der Waals surface area contributed by atoms with Crippen LogP contribution in [0.15, 0.2) is 17.6 Å². The van der Waals surface area contributed by atoms with Crippen molar-refractivity contribution in [3.63, 3.8) is 0 Å². The van der Waals surface area contributed by atoms with Crippen molar-refractivity contribution in [2.75, 3.05) is 7.05 Å². The Morgan fingerprint density at radius 3 is 3.00 bits per heavy atom. The third kappa shape index (κ3) is 2.84. The number of hydrogen-bond acceptors (Lipinski definition) is 5. The molecule has 1 aliphatic rings. The zero-order valence-electron chi connectivity index (χ0n) is 14.8. The first kappa shape index (κ1) is 16.9. The molecule has 0 amide bonds. The highest BCUT2D eigenvalue weighted by molar-refractivity contribution is 7.17. The Labute approximate surface area is 156 Å². The van der Waals surface area contributed by atoms with E-state index in [1.807, 2.05) is 24.6 Å². The fraction of sp³-hybridized carbons (Fsp3) is 0.400. The summed E-state index contributed by atoms with van der Waals surface area (Å²) in [5.41, 5.74) is 4.81. The number of carbonyl (C=O) groups excluding carboxylic acids is 1. The normalized spacial score (nSPS) is 16.1. The van der Waals surface area contributed by atoms with Gasteiger partial charge in [-0.25, -0.2) is 4.98 Å². The average Bonchev–Trinajstić information content (AvgIpc) is 3.17. The van der Waals surface area contributed by atoms with E-state index in [0.717, 1.165) is 46.5 Å². The number of hydrogen-bond donors (Lipinski definition) is 1. The molecule has 0 fully saturated rings. The van der Waals surface area contributed by atoms with Crippen molar-refractivity contribution in [2.24, 2.45) is 5.41 Å². The third-order valence-electron chi connectivity index (χ3n) is 5.10. The molecular weight excluding hydrogens is 348 g/mol. The summed E-state index contributed by atoms with van der Waals surface area (Å²) in [5, 5.41) is 6.49. The smallest absolute Gasteiger partial charge is 0.151 e. The van der Waals surface area contributed by atoms with Crippen molar-refractivity contribution >= 4 is 39.2 Å². The molecule has 0 aliphatic heterocycles. The first-order valence-corrected chi connectivity index (χ1v) is 10.3. The molecule has 0 atom stereocenters. The molecule has 25 heavy (non-hydrogen) atoms. The molecular formula is C20H22N2OS2. The fourth-order valence-electron chi connectivity index (χ4n) is 3.81. The summed E-state index contributed by atoms with van der Waals surface area (Å²) in [6.45, 7) is 5.36. The monoisotopic (exact) mass is 370 g/mol. The predicted octanol–water partition coefficient (Wildman–Crippen LogP) is 5.07. The van der Waals surface area contributed by atoms with Crippen LogP contribution in [0.3, 0.4) is 0 Å². The van der Waals surface area contributed by atoms with Crippen LogP contribution in [0.25, 0.3) is 20.7 Å². The Balaban J connectivity index is 1.98. The van der Waals surface area contributed by atoms with Crippen molar-refractivity contribution in [1.29, 1.82) is 0 Å². The van der Waals surface area contributed by atoms with Crippen molar-refractivity contribution < 1.29 is 4.79 Å². The number of aromatic nitrogens is 1. The number of fused-ring (bicyclic) bond motifs is 2. The molecule has 0 unspecified atom stereocenters. The number of nitrogens with one attached hydrogen (secondary N) is 1. The van der Waals surface area contributed by atoms with Crippen LogP contribution in [0.1, 0.15) is 46.6 Å². The van der Waals surface area contributed by atoms with Crippen LogP contribution in [0.2, 0.25) is 0 Å². The van der Waals surface area contributed by atoms with E-state index in [0.29, 0.717) is 0 Å². The maximum absolute atomic E-state index is 12.1.